The summed E-state index contributed by atoms with van der Waals surface area (Å²) in [5.41, 5.74) is 5.71. The molecule has 72 valence electrons. The van der Waals surface area contributed by atoms with Crippen molar-refractivity contribution in [2.24, 2.45) is 0 Å². The third-order valence-corrected chi connectivity index (χ3v) is 2.20. The maximum Gasteiger partial charge on any atom is 0.359 e. The zero-order valence-electron chi connectivity index (χ0n) is 7.36. The largest absolute Gasteiger partial charge is 0.464 e. The fourth-order valence-electron chi connectivity index (χ4n) is 0.806. The molecule has 6 heteroatoms. The highest BCUT2D eigenvalue weighted by Crippen LogP contribution is 2.21. The molecule has 5 nitrogen and oxygen atoms in total. The first-order chi connectivity index (χ1) is 6.19. The van der Waals surface area contributed by atoms with Crippen molar-refractivity contribution in [1.82, 2.24) is 4.98 Å². The number of methoxy groups -OCH3 is 2. The van der Waals surface area contributed by atoms with Gasteiger partial charge in [0.2, 0.25) is 0 Å². The SMILES string of the molecule is COCc1nc(C(=O)OC)c(N)s1. The summed E-state index contributed by atoms with van der Waals surface area (Å²) in [5.74, 6) is -0.517. The molecule has 0 aliphatic heterocycles. The van der Waals surface area contributed by atoms with Crippen molar-refractivity contribution in [2.45, 2.75) is 6.61 Å². The summed E-state index contributed by atoms with van der Waals surface area (Å²) < 4.78 is 9.34. The van der Waals surface area contributed by atoms with Crippen LogP contribution in [0, 0.1) is 0 Å². The monoisotopic (exact) mass is 202 g/mol. The molecule has 13 heavy (non-hydrogen) atoms. The molecule has 0 spiro atoms. The second-order valence-corrected chi connectivity index (χ2v) is 3.36. The molecule has 0 amide bonds. The third-order valence-electron chi connectivity index (χ3n) is 1.34. The van der Waals surface area contributed by atoms with Gasteiger partial charge in [0.15, 0.2) is 5.69 Å². The number of thiazole rings is 1. The average Bonchev–Trinajstić information content (AvgIpc) is 2.46. The number of nitrogen functional groups attached to an aromatic ring is 1. The van der Waals surface area contributed by atoms with Gasteiger partial charge >= 0.3 is 5.97 Å². The fraction of sp³-hybridized carbons (Fsp3) is 0.429. The minimum Gasteiger partial charge on any atom is -0.464 e. The Morgan fingerprint density at radius 2 is 2.31 bits per heavy atom. The molecule has 1 aromatic heterocycles. The van der Waals surface area contributed by atoms with E-state index >= 15 is 0 Å². The number of anilines is 1. The first-order valence-corrected chi connectivity index (χ1v) is 4.33. The van der Waals surface area contributed by atoms with E-state index in [1.165, 1.54) is 18.4 Å². The van der Waals surface area contributed by atoms with Crippen LogP contribution in [0.2, 0.25) is 0 Å². The number of carbonyl (C=O) groups excluding carboxylic acids is 1. The molecule has 2 N–H and O–H groups in total. The van der Waals surface area contributed by atoms with Crippen molar-refractivity contribution in [3.8, 4) is 0 Å². The van der Waals surface area contributed by atoms with Crippen molar-refractivity contribution >= 4 is 22.3 Å². The van der Waals surface area contributed by atoms with Gasteiger partial charge in [-0.2, -0.15) is 0 Å². The van der Waals surface area contributed by atoms with Gasteiger partial charge < -0.3 is 15.2 Å². The number of esters is 1. The summed E-state index contributed by atoms with van der Waals surface area (Å²) >= 11 is 1.22. The van der Waals surface area contributed by atoms with Crippen LogP contribution in [0.5, 0.6) is 0 Å². The number of nitrogens with zero attached hydrogens (tertiary/aromatic N) is 1. The number of hydrogen-bond acceptors (Lipinski definition) is 6. The lowest BCUT2D eigenvalue weighted by Gasteiger charge is -1.93. The topological polar surface area (TPSA) is 74.4 Å². The minimum atomic E-state index is -0.517. The lowest BCUT2D eigenvalue weighted by atomic mass is 10.5. The molecule has 0 aromatic carbocycles. The Hall–Kier alpha value is -1.14. The van der Waals surface area contributed by atoms with Gasteiger partial charge in [-0.1, -0.05) is 11.3 Å². The van der Waals surface area contributed by atoms with Crippen molar-refractivity contribution in [3.63, 3.8) is 0 Å². The van der Waals surface area contributed by atoms with Crippen LogP contribution in [-0.4, -0.2) is 25.2 Å². The highest BCUT2D eigenvalue weighted by Gasteiger charge is 2.16. The van der Waals surface area contributed by atoms with E-state index in [0.717, 1.165) is 0 Å². The molecule has 0 saturated carbocycles. The van der Waals surface area contributed by atoms with E-state index < -0.39 is 5.97 Å². The van der Waals surface area contributed by atoms with Crippen LogP contribution in [0.4, 0.5) is 5.00 Å². The van der Waals surface area contributed by atoms with Gasteiger partial charge in [-0.15, -0.1) is 0 Å². The van der Waals surface area contributed by atoms with Crippen LogP contribution < -0.4 is 5.73 Å². The van der Waals surface area contributed by atoms with Crippen LogP contribution >= 0.6 is 11.3 Å². The van der Waals surface area contributed by atoms with Crippen LogP contribution in [0.25, 0.3) is 0 Å². The summed E-state index contributed by atoms with van der Waals surface area (Å²) in [5, 5.41) is 1.03. The molecule has 1 rings (SSSR count). The van der Waals surface area contributed by atoms with Crippen LogP contribution in [0.1, 0.15) is 15.5 Å². The van der Waals surface area contributed by atoms with Crippen LogP contribution in [0.3, 0.4) is 0 Å². The molecular weight excluding hydrogens is 192 g/mol. The lowest BCUT2D eigenvalue weighted by molar-refractivity contribution is 0.0595. The zero-order valence-corrected chi connectivity index (χ0v) is 8.18. The summed E-state index contributed by atoms with van der Waals surface area (Å²) in [6.45, 7) is 0.353. The average molecular weight is 202 g/mol. The van der Waals surface area contributed by atoms with Crippen LogP contribution in [0.15, 0.2) is 0 Å². The standard InChI is InChI=1S/C7H10N2O3S/c1-11-3-4-9-5(6(8)13-4)7(10)12-2/h3,8H2,1-2H3. The molecule has 0 unspecified atom stereocenters. The smallest absolute Gasteiger partial charge is 0.359 e. The summed E-state index contributed by atoms with van der Waals surface area (Å²) in [6, 6.07) is 0. The minimum absolute atomic E-state index is 0.166. The normalized spacial score (nSPS) is 10.0. The van der Waals surface area contributed by atoms with Gasteiger partial charge in [-0.05, 0) is 0 Å². The first-order valence-electron chi connectivity index (χ1n) is 3.51. The zero-order chi connectivity index (χ0) is 9.84. The first kappa shape index (κ1) is 9.94. The van der Waals surface area contributed by atoms with Gasteiger partial charge in [-0.3, -0.25) is 0 Å². The number of ether oxygens (including phenoxy) is 2. The van der Waals surface area contributed by atoms with Gasteiger partial charge in [-0.25, -0.2) is 9.78 Å². The summed E-state index contributed by atoms with van der Waals surface area (Å²) in [7, 11) is 2.84. The molecule has 0 radical (unpaired) electrons. The third kappa shape index (κ3) is 2.16. The molecule has 0 aliphatic carbocycles. The van der Waals surface area contributed by atoms with E-state index in [1.54, 1.807) is 7.11 Å². The number of hydrogen-bond donors (Lipinski definition) is 1. The second kappa shape index (κ2) is 4.20. The van der Waals surface area contributed by atoms with Gasteiger partial charge in [0.05, 0.1) is 13.7 Å². The van der Waals surface area contributed by atoms with E-state index in [9.17, 15) is 4.79 Å². The highest BCUT2D eigenvalue weighted by molar-refractivity contribution is 7.15. The molecular formula is C7H10N2O3S. The van der Waals surface area contributed by atoms with Crippen molar-refractivity contribution in [1.29, 1.82) is 0 Å². The predicted octanol–water partition coefficient (Wildman–Crippen LogP) is 0.658. The van der Waals surface area contributed by atoms with E-state index in [4.69, 9.17) is 10.5 Å². The fourth-order valence-corrected chi connectivity index (χ4v) is 1.60. The Labute approximate surface area is 79.5 Å². The van der Waals surface area contributed by atoms with E-state index in [-0.39, 0.29) is 5.69 Å². The summed E-state index contributed by atoms with van der Waals surface area (Å²) in [6.07, 6.45) is 0. The van der Waals surface area contributed by atoms with Crippen molar-refractivity contribution < 1.29 is 14.3 Å². The van der Waals surface area contributed by atoms with E-state index in [0.29, 0.717) is 16.6 Å². The lowest BCUT2D eigenvalue weighted by Crippen LogP contribution is -2.04. The van der Waals surface area contributed by atoms with Gasteiger partial charge in [0, 0.05) is 7.11 Å². The number of aromatic nitrogens is 1. The highest BCUT2D eigenvalue weighted by atomic mass is 32.1. The van der Waals surface area contributed by atoms with Crippen LogP contribution in [-0.2, 0) is 16.1 Å². The van der Waals surface area contributed by atoms with Gasteiger partial charge in [0.25, 0.3) is 0 Å². The Kier molecular flexibility index (Phi) is 3.21. The Morgan fingerprint density at radius 3 is 2.85 bits per heavy atom. The summed E-state index contributed by atoms with van der Waals surface area (Å²) in [4.78, 5) is 15.0. The van der Waals surface area contributed by atoms with E-state index in [2.05, 4.69) is 9.72 Å². The van der Waals surface area contributed by atoms with Crippen molar-refractivity contribution in [3.05, 3.63) is 10.7 Å². The second-order valence-electron chi connectivity index (χ2n) is 2.25. The van der Waals surface area contributed by atoms with Gasteiger partial charge in [0.1, 0.15) is 10.0 Å². The maximum absolute atomic E-state index is 11.1. The number of carbonyl (C=O) groups is 1. The predicted molar refractivity (Wildman–Crippen MR) is 48.6 cm³/mol. The molecule has 0 atom stereocenters. The number of nitrogens with two attached hydrogens (primary N) is 1. The molecule has 1 aromatic rings. The molecule has 0 fully saturated rings. The molecule has 0 bridgehead atoms. The molecule has 0 saturated heterocycles. The maximum atomic E-state index is 11.1. The Morgan fingerprint density at radius 1 is 1.62 bits per heavy atom. The number of rotatable bonds is 3. The molecule has 0 aliphatic rings. The quantitative estimate of drug-likeness (QED) is 0.729. The Bertz CT molecular complexity index is 311. The van der Waals surface area contributed by atoms with Crippen molar-refractivity contribution in [2.75, 3.05) is 20.0 Å². The Balaban J connectivity index is 2.89. The molecule has 1 heterocycles. The van der Waals surface area contributed by atoms with E-state index in [1.807, 2.05) is 0 Å².